The lowest BCUT2D eigenvalue weighted by Crippen LogP contribution is -2.55. The van der Waals surface area contributed by atoms with E-state index in [1.807, 2.05) is 6.92 Å². The van der Waals surface area contributed by atoms with Crippen molar-refractivity contribution in [1.29, 1.82) is 0 Å². The summed E-state index contributed by atoms with van der Waals surface area (Å²) in [6, 6.07) is -0.203. The van der Waals surface area contributed by atoms with Crippen LogP contribution in [0.2, 0.25) is 0 Å². The van der Waals surface area contributed by atoms with Crippen LogP contribution in [-0.2, 0) is 16.0 Å². The number of halogens is 2. The van der Waals surface area contributed by atoms with Gasteiger partial charge >= 0.3 is 0 Å². The molecule has 1 aromatic rings. The molecule has 0 bridgehead atoms. The molecule has 0 spiro atoms. The quantitative estimate of drug-likeness (QED) is 0.533. The minimum Gasteiger partial charge on any atom is -0.385 e. The Morgan fingerprint density at radius 1 is 1.32 bits per heavy atom. The molecule has 3 N–H and O–H groups in total. The van der Waals surface area contributed by atoms with Crippen LogP contribution >= 0.6 is 36.2 Å². The highest BCUT2D eigenvalue weighted by Gasteiger charge is 2.28. The average molecular weight is 456 g/mol. The molecule has 0 aromatic carbocycles. The van der Waals surface area contributed by atoms with Crippen molar-refractivity contribution in [3.05, 3.63) is 16.1 Å². The number of nitrogens with two attached hydrogens (primary N) is 1. The lowest BCUT2D eigenvalue weighted by Gasteiger charge is -2.37. The van der Waals surface area contributed by atoms with E-state index in [-0.39, 0.29) is 42.7 Å². The van der Waals surface area contributed by atoms with E-state index in [2.05, 4.69) is 15.2 Å². The molecule has 0 aliphatic carbocycles. The Morgan fingerprint density at radius 3 is 2.61 bits per heavy atom. The van der Waals surface area contributed by atoms with Gasteiger partial charge in [0, 0.05) is 58.2 Å². The molecule has 1 fully saturated rings. The third kappa shape index (κ3) is 7.81. The van der Waals surface area contributed by atoms with E-state index < -0.39 is 0 Å². The molecule has 2 rings (SSSR count). The maximum absolute atomic E-state index is 12.6. The summed E-state index contributed by atoms with van der Waals surface area (Å²) in [5, 5.41) is 5.63. The molecule has 1 aliphatic rings. The van der Waals surface area contributed by atoms with Crippen LogP contribution in [0.5, 0.6) is 0 Å². The van der Waals surface area contributed by atoms with Gasteiger partial charge in [-0.2, -0.15) is 0 Å². The molecule has 1 unspecified atom stereocenters. The van der Waals surface area contributed by atoms with Gasteiger partial charge in [0.05, 0.1) is 11.0 Å². The normalized spacial score (nSPS) is 15.3. The topological polar surface area (TPSA) is 101 Å². The third-order valence-electron chi connectivity index (χ3n) is 4.48. The first kappa shape index (κ1) is 27.0. The highest BCUT2D eigenvalue weighted by Crippen LogP contribution is 2.14. The van der Waals surface area contributed by atoms with Gasteiger partial charge in [0.25, 0.3) is 5.91 Å². The van der Waals surface area contributed by atoms with Crippen LogP contribution in [0.25, 0.3) is 0 Å². The summed E-state index contributed by atoms with van der Waals surface area (Å²) in [4.78, 5) is 33.1. The van der Waals surface area contributed by atoms with Crippen LogP contribution in [0, 0.1) is 0 Å². The molecule has 11 heteroatoms. The van der Waals surface area contributed by atoms with E-state index in [0.29, 0.717) is 58.0 Å². The number of carbonyl (C=O) groups excluding carboxylic acids is 2. The van der Waals surface area contributed by atoms with Gasteiger partial charge in [-0.25, -0.2) is 4.98 Å². The Bertz CT molecular complexity index is 597. The maximum Gasteiger partial charge on any atom is 0.273 e. The molecule has 162 valence electrons. The predicted octanol–water partition coefficient (Wildman–Crippen LogP) is 0.787. The number of hydrogen-bond acceptors (Lipinski definition) is 7. The van der Waals surface area contributed by atoms with Gasteiger partial charge in [-0.3, -0.25) is 14.5 Å². The van der Waals surface area contributed by atoms with Crippen molar-refractivity contribution in [2.45, 2.75) is 25.8 Å². The van der Waals surface area contributed by atoms with Crippen molar-refractivity contribution in [2.75, 3.05) is 53.0 Å². The van der Waals surface area contributed by atoms with E-state index in [4.69, 9.17) is 10.5 Å². The molecular formula is C17H31Cl2N5O3S. The summed E-state index contributed by atoms with van der Waals surface area (Å²) in [7, 11) is 1.65. The largest absolute Gasteiger partial charge is 0.385 e. The van der Waals surface area contributed by atoms with Gasteiger partial charge < -0.3 is 20.7 Å². The zero-order valence-corrected chi connectivity index (χ0v) is 18.8. The number of nitrogens with one attached hydrogen (secondary N) is 1. The molecule has 1 atom stereocenters. The van der Waals surface area contributed by atoms with Crippen molar-refractivity contribution < 1.29 is 14.3 Å². The van der Waals surface area contributed by atoms with E-state index in [1.165, 1.54) is 11.3 Å². The number of thiazole rings is 1. The maximum atomic E-state index is 12.6. The molecule has 2 heterocycles. The third-order valence-corrected chi connectivity index (χ3v) is 5.39. The highest BCUT2D eigenvalue weighted by atomic mass is 35.5. The number of ether oxygens (including phenoxy) is 1. The standard InChI is InChI=1S/C17H29N5O3S.2ClH/c1-13(16(23)19-6-3-11-25-2)21-7-9-22(10-8-21)17(24)14-12-26-15(20-14)4-5-18;;/h12-13H,3-11,18H2,1-2H3,(H,19,23);2*1H. The second-order valence-electron chi connectivity index (χ2n) is 6.31. The van der Waals surface area contributed by atoms with Crippen LogP contribution in [-0.4, -0.2) is 85.6 Å². The van der Waals surface area contributed by atoms with Crippen LogP contribution in [0.4, 0.5) is 0 Å². The second-order valence-corrected chi connectivity index (χ2v) is 7.25. The van der Waals surface area contributed by atoms with Crippen molar-refractivity contribution in [3.8, 4) is 0 Å². The molecule has 1 saturated heterocycles. The fourth-order valence-corrected chi connectivity index (χ4v) is 3.65. The Kier molecular flexibility index (Phi) is 13.6. The van der Waals surface area contributed by atoms with Crippen molar-refractivity contribution in [1.82, 2.24) is 20.1 Å². The zero-order valence-electron chi connectivity index (χ0n) is 16.4. The first-order valence-electron chi connectivity index (χ1n) is 9.01. The van der Waals surface area contributed by atoms with Crippen LogP contribution in [0.15, 0.2) is 5.38 Å². The van der Waals surface area contributed by atoms with E-state index >= 15 is 0 Å². The summed E-state index contributed by atoms with van der Waals surface area (Å²) in [6.45, 7) is 6.25. The SMILES string of the molecule is COCCCNC(=O)C(C)N1CCN(C(=O)c2csc(CCN)n2)CC1.Cl.Cl. The first-order valence-corrected chi connectivity index (χ1v) is 9.89. The fraction of sp³-hybridized carbons (Fsp3) is 0.706. The molecule has 2 amide bonds. The lowest BCUT2D eigenvalue weighted by molar-refractivity contribution is -0.126. The average Bonchev–Trinajstić information content (AvgIpc) is 3.13. The Labute approximate surface area is 183 Å². The summed E-state index contributed by atoms with van der Waals surface area (Å²) in [5.41, 5.74) is 6.03. The number of amides is 2. The van der Waals surface area contributed by atoms with E-state index in [0.717, 1.165) is 11.4 Å². The van der Waals surface area contributed by atoms with Gasteiger partial charge in [0.2, 0.25) is 5.91 Å². The summed E-state index contributed by atoms with van der Waals surface area (Å²) in [6.07, 6.45) is 1.50. The van der Waals surface area contributed by atoms with Gasteiger partial charge in [0.15, 0.2) is 0 Å². The molecule has 0 saturated carbocycles. The van der Waals surface area contributed by atoms with Crippen LogP contribution in [0.3, 0.4) is 0 Å². The van der Waals surface area contributed by atoms with Crippen molar-refractivity contribution in [3.63, 3.8) is 0 Å². The lowest BCUT2D eigenvalue weighted by atomic mass is 10.2. The summed E-state index contributed by atoms with van der Waals surface area (Å²) in [5.74, 6) is -0.0207. The number of methoxy groups -OCH3 is 1. The molecule has 8 nitrogen and oxygen atoms in total. The minimum absolute atomic E-state index is 0. The smallest absolute Gasteiger partial charge is 0.273 e. The molecular weight excluding hydrogens is 425 g/mol. The van der Waals surface area contributed by atoms with Gasteiger partial charge in [-0.15, -0.1) is 36.2 Å². The Balaban J connectivity index is 0.00000364. The second kappa shape index (κ2) is 14.1. The molecule has 1 aliphatic heterocycles. The zero-order chi connectivity index (χ0) is 18.9. The van der Waals surface area contributed by atoms with E-state index in [1.54, 1.807) is 17.4 Å². The Morgan fingerprint density at radius 2 is 2.00 bits per heavy atom. The van der Waals surface area contributed by atoms with Crippen LogP contribution in [0.1, 0.15) is 28.8 Å². The highest BCUT2D eigenvalue weighted by molar-refractivity contribution is 7.09. The van der Waals surface area contributed by atoms with Gasteiger partial charge in [-0.05, 0) is 19.9 Å². The number of rotatable bonds is 9. The number of aromatic nitrogens is 1. The first-order chi connectivity index (χ1) is 12.6. The number of piperazine rings is 1. The number of hydrogen-bond donors (Lipinski definition) is 2. The van der Waals surface area contributed by atoms with Crippen molar-refractivity contribution >= 4 is 48.0 Å². The molecule has 1 aromatic heterocycles. The number of nitrogens with zero attached hydrogens (tertiary/aromatic N) is 3. The minimum atomic E-state index is -0.203. The molecule has 0 radical (unpaired) electrons. The Hall–Kier alpha value is -0.970. The predicted molar refractivity (Wildman–Crippen MR) is 116 cm³/mol. The van der Waals surface area contributed by atoms with Gasteiger partial charge in [-0.1, -0.05) is 0 Å². The fourth-order valence-electron chi connectivity index (χ4n) is 2.86. The van der Waals surface area contributed by atoms with Gasteiger partial charge in [0.1, 0.15) is 5.69 Å². The summed E-state index contributed by atoms with van der Waals surface area (Å²) < 4.78 is 4.98. The summed E-state index contributed by atoms with van der Waals surface area (Å²) >= 11 is 1.48. The monoisotopic (exact) mass is 455 g/mol. The van der Waals surface area contributed by atoms with Crippen LogP contribution < -0.4 is 11.1 Å². The number of carbonyl (C=O) groups is 2. The van der Waals surface area contributed by atoms with E-state index in [9.17, 15) is 9.59 Å². The molecule has 28 heavy (non-hydrogen) atoms. The van der Waals surface area contributed by atoms with Crippen molar-refractivity contribution in [2.24, 2.45) is 5.73 Å².